The monoisotopic (exact) mass is 427 g/mol. The highest BCUT2D eigenvalue weighted by molar-refractivity contribution is 5.93. The second-order valence-corrected chi connectivity index (χ2v) is 6.37. The number of carbonyl (C=O) groups is 1. The molecule has 1 heterocycles. The third-order valence-corrected chi connectivity index (χ3v) is 4.40. The largest absolute Gasteiger partial charge is 1.00 e. The summed E-state index contributed by atoms with van der Waals surface area (Å²) in [7, 11) is 0. The second-order valence-electron chi connectivity index (χ2n) is 6.37. The Morgan fingerprint density at radius 2 is 1.63 bits per heavy atom. The molecule has 0 radical (unpaired) electrons. The molecule has 0 bridgehead atoms. The maximum absolute atomic E-state index is 11.9. The Morgan fingerprint density at radius 1 is 0.852 bits per heavy atom. The highest BCUT2D eigenvalue weighted by Gasteiger charge is 2.03. The van der Waals surface area contributed by atoms with Gasteiger partial charge in [0, 0.05) is 49.1 Å². The van der Waals surface area contributed by atoms with E-state index in [0.29, 0.717) is 13.0 Å². The van der Waals surface area contributed by atoms with E-state index in [1.165, 1.54) is 10.8 Å². The molecule has 142 valence electrons. The number of aryl methyl sites for hydroxylation is 1. The molecule has 3 aromatic rings. The van der Waals surface area contributed by atoms with Crippen LogP contribution in [0.1, 0.15) is 19.3 Å². The van der Waals surface area contributed by atoms with Gasteiger partial charge in [-0.3, -0.25) is 4.79 Å². The van der Waals surface area contributed by atoms with Crippen LogP contribution in [-0.2, 0) is 11.3 Å². The number of unbranched alkanes of at least 4 members (excludes halogenated alkanes) is 1. The molecule has 0 aliphatic carbocycles. The van der Waals surface area contributed by atoms with Gasteiger partial charge in [-0.15, -0.1) is 0 Å². The lowest BCUT2D eigenvalue weighted by Gasteiger charge is -2.10. The quantitative estimate of drug-likeness (QED) is 0.386. The van der Waals surface area contributed by atoms with Gasteiger partial charge in [-0.1, -0.05) is 42.5 Å². The smallest absolute Gasteiger partial charge is 0.220 e. The number of hydrogen-bond donors (Lipinski definition) is 2. The minimum atomic E-state index is 0. The van der Waals surface area contributed by atoms with Crippen molar-refractivity contribution in [1.82, 2.24) is 5.32 Å². The van der Waals surface area contributed by atoms with E-state index in [1.54, 1.807) is 0 Å². The van der Waals surface area contributed by atoms with Gasteiger partial charge in [0.05, 0.1) is 0 Å². The molecule has 0 fully saturated rings. The van der Waals surface area contributed by atoms with Crippen molar-refractivity contribution >= 4 is 22.4 Å². The van der Waals surface area contributed by atoms with Crippen LogP contribution in [-0.4, -0.2) is 19.0 Å². The number of benzene rings is 2. The number of carbonyl (C=O) groups excluding carboxylic acids is 1. The molecular formula is C22H26BrN3O. The van der Waals surface area contributed by atoms with Crippen LogP contribution in [0.2, 0.25) is 0 Å². The number of nitrogens with zero attached hydrogens (tertiary/aromatic N) is 1. The zero-order chi connectivity index (χ0) is 18.0. The first-order valence-electron chi connectivity index (χ1n) is 9.25. The van der Waals surface area contributed by atoms with Crippen molar-refractivity contribution in [3.63, 3.8) is 0 Å². The zero-order valence-electron chi connectivity index (χ0n) is 15.4. The van der Waals surface area contributed by atoms with Crippen LogP contribution in [0.25, 0.3) is 10.8 Å². The van der Waals surface area contributed by atoms with Crippen molar-refractivity contribution < 1.29 is 26.3 Å². The van der Waals surface area contributed by atoms with Crippen molar-refractivity contribution in [1.29, 1.82) is 0 Å². The fourth-order valence-corrected chi connectivity index (χ4v) is 3.03. The Balaban J connectivity index is 0.00000261. The molecule has 3 rings (SSSR count). The van der Waals surface area contributed by atoms with Gasteiger partial charge >= 0.3 is 0 Å². The highest BCUT2D eigenvalue weighted by Crippen LogP contribution is 2.22. The van der Waals surface area contributed by atoms with Gasteiger partial charge < -0.3 is 27.6 Å². The SMILES string of the molecule is O=C(CCCC[n+]1ccccc1)NCCNc1cccc2ccccc12.[Br-]. The van der Waals surface area contributed by atoms with Crippen molar-refractivity contribution in [2.45, 2.75) is 25.8 Å². The predicted molar refractivity (Wildman–Crippen MR) is 106 cm³/mol. The zero-order valence-corrected chi connectivity index (χ0v) is 17.0. The third kappa shape index (κ3) is 6.68. The summed E-state index contributed by atoms with van der Waals surface area (Å²) >= 11 is 0. The lowest BCUT2D eigenvalue weighted by atomic mass is 10.1. The van der Waals surface area contributed by atoms with Crippen molar-refractivity contribution in [2.24, 2.45) is 0 Å². The number of fused-ring (bicyclic) bond motifs is 1. The van der Waals surface area contributed by atoms with Gasteiger partial charge in [-0.05, 0) is 17.9 Å². The molecule has 1 aromatic heterocycles. The summed E-state index contributed by atoms with van der Waals surface area (Å²) in [6.45, 7) is 2.31. The van der Waals surface area contributed by atoms with Crippen LogP contribution in [0.5, 0.6) is 0 Å². The molecule has 5 heteroatoms. The summed E-state index contributed by atoms with van der Waals surface area (Å²) in [5.41, 5.74) is 1.11. The van der Waals surface area contributed by atoms with E-state index in [1.807, 2.05) is 36.4 Å². The van der Waals surface area contributed by atoms with E-state index in [0.717, 1.165) is 31.6 Å². The van der Waals surface area contributed by atoms with Crippen LogP contribution in [0.15, 0.2) is 73.1 Å². The molecule has 0 aliphatic rings. The summed E-state index contributed by atoms with van der Waals surface area (Å²) in [6.07, 6.45) is 6.61. The fourth-order valence-electron chi connectivity index (χ4n) is 3.03. The first-order chi connectivity index (χ1) is 12.8. The van der Waals surface area contributed by atoms with E-state index < -0.39 is 0 Å². The van der Waals surface area contributed by atoms with E-state index in [-0.39, 0.29) is 22.9 Å². The number of pyridine rings is 1. The van der Waals surface area contributed by atoms with Gasteiger partial charge in [-0.25, -0.2) is 4.57 Å². The van der Waals surface area contributed by atoms with Gasteiger partial charge in [0.2, 0.25) is 5.91 Å². The minimum Gasteiger partial charge on any atom is -1.00 e. The average molecular weight is 428 g/mol. The number of rotatable bonds is 9. The Hall–Kier alpha value is -2.40. The van der Waals surface area contributed by atoms with E-state index >= 15 is 0 Å². The minimum absolute atomic E-state index is 0. The Labute approximate surface area is 171 Å². The molecule has 4 nitrogen and oxygen atoms in total. The summed E-state index contributed by atoms with van der Waals surface area (Å²) in [5, 5.41) is 8.83. The maximum atomic E-state index is 11.9. The summed E-state index contributed by atoms with van der Waals surface area (Å²) in [6, 6.07) is 20.6. The fraction of sp³-hybridized carbons (Fsp3) is 0.273. The van der Waals surface area contributed by atoms with Gasteiger partial charge in [-0.2, -0.15) is 0 Å². The van der Waals surface area contributed by atoms with E-state index in [2.05, 4.69) is 51.9 Å². The first-order valence-corrected chi connectivity index (χ1v) is 9.25. The molecule has 2 N–H and O–H groups in total. The summed E-state index contributed by atoms with van der Waals surface area (Å²) in [5.74, 6) is 0.128. The van der Waals surface area contributed by atoms with Crippen LogP contribution < -0.4 is 32.2 Å². The predicted octanol–water partition coefficient (Wildman–Crippen LogP) is 0.530. The van der Waals surface area contributed by atoms with E-state index in [9.17, 15) is 4.79 Å². The number of aromatic nitrogens is 1. The summed E-state index contributed by atoms with van der Waals surface area (Å²) < 4.78 is 2.14. The van der Waals surface area contributed by atoms with E-state index in [4.69, 9.17) is 0 Å². The molecule has 0 saturated carbocycles. The van der Waals surface area contributed by atoms with Crippen LogP contribution in [0.3, 0.4) is 0 Å². The van der Waals surface area contributed by atoms with Gasteiger partial charge in [0.25, 0.3) is 0 Å². The average Bonchev–Trinajstić information content (AvgIpc) is 2.69. The molecule has 0 aliphatic heterocycles. The number of anilines is 1. The number of halogens is 1. The number of amides is 1. The van der Waals surface area contributed by atoms with Crippen LogP contribution in [0.4, 0.5) is 5.69 Å². The van der Waals surface area contributed by atoms with Crippen LogP contribution in [0, 0.1) is 0 Å². The molecule has 1 amide bonds. The van der Waals surface area contributed by atoms with Gasteiger partial charge in [0.1, 0.15) is 6.54 Å². The van der Waals surface area contributed by atoms with Gasteiger partial charge in [0.15, 0.2) is 12.4 Å². The lowest BCUT2D eigenvalue weighted by Crippen LogP contribution is -3.00. The first kappa shape index (κ1) is 20.9. The second kappa shape index (κ2) is 11.3. The van der Waals surface area contributed by atoms with Crippen molar-refractivity contribution in [3.8, 4) is 0 Å². The molecular weight excluding hydrogens is 402 g/mol. The summed E-state index contributed by atoms with van der Waals surface area (Å²) in [4.78, 5) is 11.9. The Kier molecular flexibility index (Phi) is 8.78. The molecule has 2 aromatic carbocycles. The topological polar surface area (TPSA) is 45.0 Å². The Morgan fingerprint density at radius 3 is 2.48 bits per heavy atom. The highest BCUT2D eigenvalue weighted by atomic mass is 79.9. The molecule has 0 saturated heterocycles. The normalized spacial score (nSPS) is 10.2. The Bertz CT molecular complexity index is 834. The van der Waals surface area contributed by atoms with Crippen LogP contribution >= 0.6 is 0 Å². The molecule has 0 atom stereocenters. The molecule has 27 heavy (non-hydrogen) atoms. The number of nitrogens with one attached hydrogen (secondary N) is 2. The lowest BCUT2D eigenvalue weighted by molar-refractivity contribution is -0.697. The third-order valence-electron chi connectivity index (χ3n) is 4.40. The number of hydrogen-bond acceptors (Lipinski definition) is 2. The molecule has 0 unspecified atom stereocenters. The molecule has 0 spiro atoms. The van der Waals surface area contributed by atoms with Crippen molar-refractivity contribution in [2.75, 3.05) is 18.4 Å². The standard InChI is InChI=1S/C22H25N3O.BrH/c26-22(13-4-7-18-25-16-5-1-6-17-25)24-15-14-23-21-12-8-10-19-9-2-3-11-20(19)21;/h1-3,5-6,8-12,16-17,23H,4,7,13-15,18H2;1H. The van der Waals surface area contributed by atoms with Crippen molar-refractivity contribution in [3.05, 3.63) is 73.1 Å². The maximum Gasteiger partial charge on any atom is 0.220 e.